The Labute approximate surface area is 127 Å². The van der Waals surface area contributed by atoms with Gasteiger partial charge in [-0.25, -0.2) is 9.97 Å². The van der Waals surface area contributed by atoms with Gasteiger partial charge in [-0.1, -0.05) is 41.4 Å². The van der Waals surface area contributed by atoms with Crippen LogP contribution in [0.25, 0.3) is 10.2 Å². The van der Waals surface area contributed by atoms with Gasteiger partial charge in [0.15, 0.2) is 0 Å². The van der Waals surface area contributed by atoms with E-state index in [4.69, 9.17) is 11.6 Å². The van der Waals surface area contributed by atoms with Crippen molar-refractivity contribution in [3.8, 4) is 0 Å². The zero-order chi connectivity index (χ0) is 14.3. The molecule has 102 valence electrons. The molecule has 0 fully saturated rings. The van der Waals surface area contributed by atoms with E-state index in [2.05, 4.69) is 55.0 Å². The summed E-state index contributed by atoms with van der Waals surface area (Å²) in [5, 5.41) is 1.57. The number of aromatic nitrogens is 2. The summed E-state index contributed by atoms with van der Waals surface area (Å²) >= 11 is 8.02. The summed E-state index contributed by atoms with van der Waals surface area (Å²) < 4.78 is 0. The van der Waals surface area contributed by atoms with Crippen molar-refractivity contribution >= 4 is 33.2 Å². The van der Waals surface area contributed by atoms with Crippen LogP contribution >= 0.6 is 22.9 Å². The number of aryl methyl sites for hydroxylation is 3. The van der Waals surface area contributed by atoms with Gasteiger partial charge in [0.1, 0.15) is 15.8 Å². The first-order valence-electron chi connectivity index (χ1n) is 6.52. The molecule has 4 heteroatoms. The van der Waals surface area contributed by atoms with Crippen LogP contribution in [0, 0.1) is 20.8 Å². The zero-order valence-corrected chi connectivity index (χ0v) is 13.3. The first kappa shape index (κ1) is 13.5. The standard InChI is InChI=1S/C16H15ClN2S/c1-9-5-4-6-12(7-9)8-13-18-15(17)14-10(2)11(3)20-16(14)19-13/h4-7H,8H2,1-3H3. The topological polar surface area (TPSA) is 25.8 Å². The second kappa shape index (κ2) is 5.15. The van der Waals surface area contributed by atoms with Gasteiger partial charge in [-0.2, -0.15) is 0 Å². The van der Waals surface area contributed by atoms with E-state index in [0.29, 0.717) is 11.6 Å². The minimum Gasteiger partial charge on any atom is -0.222 e. The van der Waals surface area contributed by atoms with Crippen molar-refractivity contribution < 1.29 is 0 Å². The fraction of sp³-hybridized carbons (Fsp3) is 0.250. The van der Waals surface area contributed by atoms with Gasteiger partial charge in [0.25, 0.3) is 0 Å². The van der Waals surface area contributed by atoms with Crippen molar-refractivity contribution in [2.45, 2.75) is 27.2 Å². The van der Waals surface area contributed by atoms with E-state index >= 15 is 0 Å². The fourth-order valence-corrected chi connectivity index (χ4v) is 3.76. The highest BCUT2D eigenvalue weighted by Gasteiger charge is 2.13. The molecule has 0 aliphatic heterocycles. The molecule has 0 saturated carbocycles. The summed E-state index contributed by atoms with van der Waals surface area (Å²) in [7, 11) is 0. The molecule has 0 amide bonds. The van der Waals surface area contributed by atoms with Gasteiger partial charge in [-0.3, -0.25) is 0 Å². The second-order valence-electron chi connectivity index (χ2n) is 5.06. The second-order valence-corrected chi connectivity index (χ2v) is 6.62. The Hall–Kier alpha value is -1.45. The van der Waals surface area contributed by atoms with Gasteiger partial charge < -0.3 is 0 Å². The molecule has 0 bridgehead atoms. The van der Waals surface area contributed by atoms with Crippen molar-refractivity contribution in [1.29, 1.82) is 0 Å². The Kier molecular flexibility index (Phi) is 3.48. The maximum absolute atomic E-state index is 6.33. The van der Waals surface area contributed by atoms with E-state index in [0.717, 1.165) is 16.0 Å². The minimum atomic E-state index is 0.569. The van der Waals surface area contributed by atoms with Gasteiger partial charge in [0.05, 0.1) is 5.39 Å². The van der Waals surface area contributed by atoms with Crippen molar-refractivity contribution in [3.05, 3.63) is 56.8 Å². The molecule has 0 unspecified atom stereocenters. The smallest absolute Gasteiger partial charge is 0.141 e. The predicted octanol–water partition coefficient (Wildman–Crippen LogP) is 4.86. The third-order valence-corrected chi connectivity index (χ3v) is 4.85. The highest BCUT2D eigenvalue weighted by molar-refractivity contribution is 7.18. The predicted molar refractivity (Wildman–Crippen MR) is 85.9 cm³/mol. The van der Waals surface area contributed by atoms with Crippen molar-refractivity contribution in [2.24, 2.45) is 0 Å². The molecule has 0 saturated heterocycles. The van der Waals surface area contributed by atoms with Crippen LogP contribution in [0.4, 0.5) is 0 Å². The molecule has 0 aliphatic carbocycles. The Morgan fingerprint density at radius 3 is 2.70 bits per heavy atom. The van der Waals surface area contributed by atoms with Gasteiger partial charge in [-0.15, -0.1) is 11.3 Å². The van der Waals surface area contributed by atoms with E-state index < -0.39 is 0 Å². The van der Waals surface area contributed by atoms with Crippen molar-refractivity contribution in [2.75, 3.05) is 0 Å². The van der Waals surface area contributed by atoms with Crippen LogP contribution in [0.1, 0.15) is 27.4 Å². The van der Waals surface area contributed by atoms with Crippen LogP contribution < -0.4 is 0 Å². The lowest BCUT2D eigenvalue weighted by Crippen LogP contribution is -1.97. The van der Waals surface area contributed by atoms with Crippen molar-refractivity contribution in [3.63, 3.8) is 0 Å². The number of halogens is 1. The minimum absolute atomic E-state index is 0.569. The van der Waals surface area contributed by atoms with Crippen LogP contribution in [-0.2, 0) is 6.42 Å². The largest absolute Gasteiger partial charge is 0.222 e. The summed E-state index contributed by atoms with van der Waals surface area (Å²) in [4.78, 5) is 11.4. The molecule has 3 aromatic rings. The first-order valence-corrected chi connectivity index (χ1v) is 7.71. The highest BCUT2D eigenvalue weighted by atomic mass is 35.5. The van der Waals surface area contributed by atoms with Crippen LogP contribution in [0.3, 0.4) is 0 Å². The third kappa shape index (κ3) is 2.43. The fourth-order valence-electron chi connectivity index (χ4n) is 2.33. The number of thiophene rings is 1. The molecule has 0 aliphatic rings. The number of rotatable bonds is 2. The highest BCUT2D eigenvalue weighted by Crippen LogP contribution is 2.33. The summed E-state index contributed by atoms with van der Waals surface area (Å²) in [5.41, 5.74) is 3.65. The molecule has 0 radical (unpaired) electrons. The lowest BCUT2D eigenvalue weighted by Gasteiger charge is -2.03. The van der Waals surface area contributed by atoms with Gasteiger partial charge in [0.2, 0.25) is 0 Å². The normalized spacial score (nSPS) is 11.2. The van der Waals surface area contributed by atoms with E-state index in [1.807, 2.05) is 0 Å². The van der Waals surface area contributed by atoms with Gasteiger partial charge in [-0.05, 0) is 31.9 Å². The summed E-state index contributed by atoms with van der Waals surface area (Å²) in [6.07, 6.45) is 0.716. The molecular weight excluding hydrogens is 288 g/mol. The van der Waals surface area contributed by atoms with Crippen molar-refractivity contribution in [1.82, 2.24) is 9.97 Å². The van der Waals surface area contributed by atoms with Gasteiger partial charge >= 0.3 is 0 Å². The number of hydrogen-bond acceptors (Lipinski definition) is 3. The number of fused-ring (bicyclic) bond motifs is 1. The molecule has 2 heterocycles. The number of hydrogen-bond donors (Lipinski definition) is 0. The summed E-state index contributed by atoms with van der Waals surface area (Å²) in [6.45, 7) is 6.26. The quantitative estimate of drug-likeness (QED) is 0.632. The molecule has 2 aromatic heterocycles. The van der Waals surface area contributed by atoms with Crippen LogP contribution in [0.2, 0.25) is 5.15 Å². The number of benzene rings is 1. The first-order chi connectivity index (χ1) is 9.54. The van der Waals surface area contributed by atoms with E-state index in [9.17, 15) is 0 Å². The Morgan fingerprint density at radius 2 is 1.95 bits per heavy atom. The van der Waals surface area contributed by atoms with Crippen LogP contribution in [-0.4, -0.2) is 9.97 Å². The SMILES string of the molecule is Cc1cccc(Cc2nc(Cl)c3c(C)c(C)sc3n2)c1. The third-order valence-electron chi connectivity index (χ3n) is 3.48. The molecule has 0 spiro atoms. The average Bonchev–Trinajstić information content (AvgIpc) is 2.65. The van der Waals surface area contributed by atoms with Crippen LogP contribution in [0.5, 0.6) is 0 Å². The summed E-state index contributed by atoms with van der Waals surface area (Å²) in [6, 6.07) is 8.41. The molecule has 0 N–H and O–H groups in total. The summed E-state index contributed by atoms with van der Waals surface area (Å²) in [5.74, 6) is 0.786. The lowest BCUT2D eigenvalue weighted by molar-refractivity contribution is 0.995. The molecule has 3 rings (SSSR count). The maximum Gasteiger partial charge on any atom is 0.141 e. The number of nitrogens with zero attached hydrogens (tertiary/aromatic N) is 2. The van der Waals surface area contributed by atoms with E-state index in [1.54, 1.807) is 11.3 Å². The zero-order valence-electron chi connectivity index (χ0n) is 11.7. The van der Waals surface area contributed by atoms with E-state index in [1.165, 1.54) is 21.6 Å². The molecule has 2 nitrogen and oxygen atoms in total. The van der Waals surface area contributed by atoms with E-state index in [-0.39, 0.29) is 0 Å². The maximum atomic E-state index is 6.33. The van der Waals surface area contributed by atoms with Gasteiger partial charge in [0, 0.05) is 11.3 Å². The Morgan fingerprint density at radius 1 is 1.15 bits per heavy atom. The molecular formula is C16H15ClN2S. The monoisotopic (exact) mass is 302 g/mol. The Balaban J connectivity index is 2.05. The molecule has 0 atom stereocenters. The molecule has 20 heavy (non-hydrogen) atoms. The molecule has 1 aromatic carbocycles. The lowest BCUT2D eigenvalue weighted by atomic mass is 10.1. The Bertz CT molecular complexity index is 793. The average molecular weight is 303 g/mol. The van der Waals surface area contributed by atoms with Crippen LogP contribution in [0.15, 0.2) is 24.3 Å².